The van der Waals surface area contributed by atoms with Gasteiger partial charge in [-0.3, -0.25) is 0 Å². The third-order valence-electron chi connectivity index (χ3n) is 4.04. The number of urea groups is 1. The van der Waals surface area contributed by atoms with E-state index < -0.39 is 0 Å². The fourth-order valence-electron chi connectivity index (χ4n) is 2.67. The minimum atomic E-state index is -0.261. The lowest BCUT2D eigenvalue weighted by Gasteiger charge is -2.08. The first-order valence-electron chi connectivity index (χ1n) is 8.43. The highest BCUT2D eigenvalue weighted by atomic mass is 35.5. The molecule has 4 aromatic rings. The van der Waals surface area contributed by atoms with Crippen LogP contribution >= 0.6 is 11.6 Å². The standard InChI is InChI=1S/C21H16ClN3O2/c22-16-8-11-19-18(12-16)25-20(27-19)15-6-9-17(10-7-15)24-21(26)23-13-14-4-2-1-3-5-14/h1-12H,13H2,(H2,23,24,26). The predicted octanol–water partition coefficient (Wildman–Crippen LogP) is 5.47. The van der Waals surface area contributed by atoms with Crippen LogP contribution in [0.5, 0.6) is 0 Å². The highest BCUT2D eigenvalue weighted by molar-refractivity contribution is 6.31. The maximum atomic E-state index is 12.0. The van der Waals surface area contributed by atoms with E-state index in [0.29, 0.717) is 34.2 Å². The highest BCUT2D eigenvalue weighted by Gasteiger charge is 2.09. The van der Waals surface area contributed by atoms with Gasteiger partial charge in [0.25, 0.3) is 0 Å². The van der Waals surface area contributed by atoms with Crippen molar-refractivity contribution >= 4 is 34.4 Å². The van der Waals surface area contributed by atoms with Crippen molar-refractivity contribution in [3.05, 3.63) is 83.4 Å². The number of nitrogens with one attached hydrogen (secondary N) is 2. The number of carbonyl (C=O) groups excluding carboxylic acids is 1. The lowest BCUT2D eigenvalue weighted by Crippen LogP contribution is -2.28. The van der Waals surface area contributed by atoms with Crippen LogP contribution in [0.4, 0.5) is 10.5 Å². The molecule has 0 aliphatic rings. The third-order valence-corrected chi connectivity index (χ3v) is 4.27. The summed E-state index contributed by atoms with van der Waals surface area (Å²) in [5.74, 6) is 0.507. The van der Waals surface area contributed by atoms with Gasteiger partial charge in [-0.25, -0.2) is 9.78 Å². The Hall–Kier alpha value is -3.31. The van der Waals surface area contributed by atoms with Gasteiger partial charge in [-0.05, 0) is 48.0 Å². The van der Waals surface area contributed by atoms with Crippen molar-refractivity contribution in [3.63, 3.8) is 0 Å². The van der Waals surface area contributed by atoms with Crippen LogP contribution in [0.15, 0.2) is 77.2 Å². The minimum Gasteiger partial charge on any atom is -0.436 e. The Kier molecular flexibility index (Phi) is 4.77. The second-order valence-electron chi connectivity index (χ2n) is 6.00. The summed E-state index contributed by atoms with van der Waals surface area (Å²) in [6, 6.07) is 22.1. The van der Waals surface area contributed by atoms with E-state index in [1.807, 2.05) is 42.5 Å². The Morgan fingerprint density at radius 2 is 1.78 bits per heavy atom. The van der Waals surface area contributed by atoms with E-state index in [1.165, 1.54) is 0 Å². The molecule has 0 bridgehead atoms. The molecule has 0 aliphatic heterocycles. The second kappa shape index (κ2) is 7.51. The molecule has 2 amide bonds. The van der Waals surface area contributed by atoms with Crippen LogP contribution in [0.2, 0.25) is 5.02 Å². The Morgan fingerprint density at radius 3 is 2.56 bits per heavy atom. The maximum Gasteiger partial charge on any atom is 0.319 e. The van der Waals surface area contributed by atoms with E-state index in [-0.39, 0.29) is 6.03 Å². The summed E-state index contributed by atoms with van der Waals surface area (Å²) in [6.07, 6.45) is 0. The fraction of sp³-hybridized carbons (Fsp3) is 0.0476. The Bertz CT molecular complexity index is 1080. The molecule has 0 saturated heterocycles. The van der Waals surface area contributed by atoms with Gasteiger partial charge >= 0.3 is 6.03 Å². The van der Waals surface area contributed by atoms with Crippen LogP contribution < -0.4 is 10.6 Å². The van der Waals surface area contributed by atoms with E-state index in [2.05, 4.69) is 15.6 Å². The van der Waals surface area contributed by atoms with Crippen LogP contribution in [0.1, 0.15) is 5.56 Å². The van der Waals surface area contributed by atoms with Crippen molar-refractivity contribution in [1.29, 1.82) is 0 Å². The molecule has 4 rings (SSSR count). The Balaban J connectivity index is 1.41. The number of rotatable bonds is 4. The second-order valence-corrected chi connectivity index (χ2v) is 6.44. The van der Waals surface area contributed by atoms with Gasteiger partial charge < -0.3 is 15.1 Å². The van der Waals surface area contributed by atoms with E-state index in [4.69, 9.17) is 16.0 Å². The highest BCUT2D eigenvalue weighted by Crippen LogP contribution is 2.27. The zero-order valence-corrected chi connectivity index (χ0v) is 15.0. The number of benzene rings is 3. The molecule has 0 aliphatic carbocycles. The van der Waals surface area contributed by atoms with Gasteiger partial charge in [0.1, 0.15) is 5.52 Å². The van der Waals surface area contributed by atoms with Crippen LogP contribution in [0, 0.1) is 0 Å². The van der Waals surface area contributed by atoms with Crippen LogP contribution in [0.25, 0.3) is 22.6 Å². The van der Waals surface area contributed by atoms with Gasteiger partial charge in [0.05, 0.1) is 0 Å². The largest absolute Gasteiger partial charge is 0.436 e. The molecule has 5 nitrogen and oxygen atoms in total. The average Bonchev–Trinajstić information content (AvgIpc) is 3.11. The number of carbonyl (C=O) groups is 1. The number of amides is 2. The third kappa shape index (κ3) is 4.10. The van der Waals surface area contributed by atoms with Crippen LogP contribution in [-0.2, 0) is 6.54 Å². The number of anilines is 1. The van der Waals surface area contributed by atoms with Crippen molar-refractivity contribution in [3.8, 4) is 11.5 Å². The molecule has 1 heterocycles. The number of hydrogen-bond donors (Lipinski definition) is 2. The van der Waals surface area contributed by atoms with E-state index in [9.17, 15) is 4.79 Å². The summed E-state index contributed by atoms with van der Waals surface area (Å²) in [5.41, 5.74) is 3.93. The zero-order valence-electron chi connectivity index (χ0n) is 14.3. The minimum absolute atomic E-state index is 0.261. The van der Waals surface area contributed by atoms with Crippen molar-refractivity contribution in [2.24, 2.45) is 0 Å². The molecule has 27 heavy (non-hydrogen) atoms. The number of nitrogens with zero attached hydrogens (tertiary/aromatic N) is 1. The van der Waals surface area contributed by atoms with Crippen molar-refractivity contribution in [1.82, 2.24) is 10.3 Å². The molecule has 1 aromatic heterocycles. The average molecular weight is 378 g/mol. The summed E-state index contributed by atoms with van der Waals surface area (Å²) in [6.45, 7) is 0.468. The fourth-order valence-corrected chi connectivity index (χ4v) is 2.84. The summed E-state index contributed by atoms with van der Waals surface area (Å²) in [5, 5.41) is 6.24. The normalized spacial score (nSPS) is 10.7. The first-order valence-corrected chi connectivity index (χ1v) is 8.80. The summed E-state index contributed by atoms with van der Waals surface area (Å²) in [7, 11) is 0. The lowest BCUT2D eigenvalue weighted by atomic mass is 10.2. The number of halogens is 1. The summed E-state index contributed by atoms with van der Waals surface area (Å²) in [4.78, 5) is 16.5. The van der Waals surface area contributed by atoms with Crippen LogP contribution in [-0.4, -0.2) is 11.0 Å². The van der Waals surface area contributed by atoms with Gasteiger partial charge in [-0.15, -0.1) is 0 Å². The first-order chi connectivity index (χ1) is 13.2. The summed E-state index contributed by atoms with van der Waals surface area (Å²) >= 11 is 5.98. The van der Waals surface area contributed by atoms with E-state index >= 15 is 0 Å². The molecule has 0 unspecified atom stereocenters. The van der Waals surface area contributed by atoms with E-state index in [0.717, 1.165) is 11.1 Å². The molecule has 6 heteroatoms. The Morgan fingerprint density at radius 1 is 1.00 bits per heavy atom. The van der Waals surface area contributed by atoms with Gasteiger partial charge in [0, 0.05) is 22.8 Å². The maximum absolute atomic E-state index is 12.0. The number of oxazole rings is 1. The van der Waals surface area contributed by atoms with Gasteiger partial charge in [0.2, 0.25) is 5.89 Å². The molecule has 0 fully saturated rings. The molecule has 0 radical (unpaired) electrons. The molecule has 0 spiro atoms. The molecule has 0 atom stereocenters. The molecule has 2 N–H and O–H groups in total. The SMILES string of the molecule is O=C(NCc1ccccc1)Nc1ccc(-c2nc3cc(Cl)ccc3o2)cc1. The van der Waals surface area contributed by atoms with Crippen LogP contribution in [0.3, 0.4) is 0 Å². The summed E-state index contributed by atoms with van der Waals surface area (Å²) < 4.78 is 5.75. The Labute approximate surface area is 161 Å². The van der Waals surface area contributed by atoms with Gasteiger partial charge in [-0.2, -0.15) is 0 Å². The first kappa shape index (κ1) is 17.1. The molecular weight excluding hydrogens is 362 g/mol. The number of hydrogen-bond acceptors (Lipinski definition) is 3. The molecule has 3 aromatic carbocycles. The number of fused-ring (bicyclic) bond motifs is 1. The molecule has 134 valence electrons. The molecular formula is C21H16ClN3O2. The quantitative estimate of drug-likeness (QED) is 0.495. The van der Waals surface area contributed by atoms with Gasteiger partial charge in [0.15, 0.2) is 5.58 Å². The van der Waals surface area contributed by atoms with Crippen molar-refractivity contribution in [2.75, 3.05) is 5.32 Å². The van der Waals surface area contributed by atoms with Crippen molar-refractivity contribution in [2.45, 2.75) is 6.54 Å². The monoisotopic (exact) mass is 377 g/mol. The van der Waals surface area contributed by atoms with Crippen molar-refractivity contribution < 1.29 is 9.21 Å². The lowest BCUT2D eigenvalue weighted by molar-refractivity contribution is 0.251. The number of aromatic nitrogens is 1. The smallest absolute Gasteiger partial charge is 0.319 e. The topological polar surface area (TPSA) is 67.2 Å². The predicted molar refractivity (Wildman–Crippen MR) is 107 cm³/mol. The van der Waals surface area contributed by atoms with E-state index in [1.54, 1.807) is 30.3 Å². The molecule has 0 saturated carbocycles. The van der Waals surface area contributed by atoms with Gasteiger partial charge in [-0.1, -0.05) is 41.9 Å². The zero-order chi connectivity index (χ0) is 18.6.